The Bertz CT molecular complexity index is 658. The lowest BCUT2D eigenvalue weighted by Gasteiger charge is -2.08. The van der Waals surface area contributed by atoms with Crippen LogP contribution in [0.1, 0.15) is 5.56 Å². The average Bonchev–Trinajstić information content (AvgIpc) is 2.82. The highest BCUT2D eigenvalue weighted by atomic mass is 79.9. The van der Waals surface area contributed by atoms with E-state index in [1.54, 1.807) is 0 Å². The highest BCUT2D eigenvalue weighted by Gasteiger charge is 2.06. The molecule has 0 amide bonds. The first-order valence-corrected chi connectivity index (χ1v) is 6.58. The number of alkyl halides is 1. The topological polar surface area (TPSA) is 17.8 Å². The Kier molecular flexibility index (Phi) is 2.69. The molecule has 0 aliphatic heterocycles. The van der Waals surface area contributed by atoms with Crippen LogP contribution in [-0.4, -0.2) is 9.55 Å². The first-order chi connectivity index (χ1) is 8.40. The number of hydrogen-bond donors (Lipinski definition) is 0. The second-order valence-corrected chi connectivity index (χ2v) is 4.43. The third-order valence-electron chi connectivity index (χ3n) is 2.85. The maximum Gasteiger partial charge on any atom is 0.100 e. The molecule has 0 aliphatic rings. The van der Waals surface area contributed by atoms with Gasteiger partial charge in [0.15, 0.2) is 0 Å². The number of benzene rings is 2. The molecule has 84 valence electrons. The lowest BCUT2D eigenvalue weighted by atomic mass is 10.2. The highest BCUT2D eigenvalue weighted by molar-refractivity contribution is 9.08. The Balaban J connectivity index is 2.27. The Morgan fingerprint density at radius 3 is 2.65 bits per heavy atom. The fourth-order valence-corrected chi connectivity index (χ4v) is 2.48. The normalized spacial score (nSPS) is 10.9. The molecule has 0 aliphatic carbocycles. The van der Waals surface area contributed by atoms with Crippen LogP contribution in [-0.2, 0) is 5.33 Å². The van der Waals surface area contributed by atoms with Crippen molar-refractivity contribution in [2.75, 3.05) is 0 Å². The molecule has 1 heterocycles. The molecule has 0 N–H and O–H groups in total. The number of fused-ring (bicyclic) bond motifs is 1. The number of halogens is 1. The van der Waals surface area contributed by atoms with Crippen molar-refractivity contribution in [3.63, 3.8) is 0 Å². The molecular weight excluding hydrogens is 276 g/mol. The molecule has 3 aromatic rings. The third kappa shape index (κ3) is 1.76. The summed E-state index contributed by atoms with van der Waals surface area (Å²) in [5, 5.41) is 0.843. The molecule has 0 bridgehead atoms. The SMILES string of the molecule is BrCc1ccccc1-n1cnc2ccccc21. The molecule has 0 radical (unpaired) electrons. The van der Waals surface area contributed by atoms with E-state index in [1.807, 2.05) is 24.5 Å². The molecule has 2 aromatic carbocycles. The van der Waals surface area contributed by atoms with Gasteiger partial charge in [-0.3, -0.25) is 4.57 Å². The van der Waals surface area contributed by atoms with Crippen molar-refractivity contribution >= 4 is 27.0 Å². The summed E-state index contributed by atoms with van der Waals surface area (Å²) in [4.78, 5) is 4.42. The van der Waals surface area contributed by atoms with Gasteiger partial charge >= 0.3 is 0 Å². The maximum atomic E-state index is 4.42. The van der Waals surface area contributed by atoms with E-state index < -0.39 is 0 Å². The van der Waals surface area contributed by atoms with Gasteiger partial charge in [0.05, 0.1) is 16.7 Å². The second kappa shape index (κ2) is 4.34. The van der Waals surface area contributed by atoms with E-state index in [-0.39, 0.29) is 0 Å². The fraction of sp³-hybridized carbons (Fsp3) is 0.0714. The Hall–Kier alpha value is -1.61. The van der Waals surface area contributed by atoms with Gasteiger partial charge in [-0.15, -0.1) is 0 Å². The number of hydrogen-bond acceptors (Lipinski definition) is 1. The minimum Gasteiger partial charge on any atom is -0.299 e. The van der Waals surface area contributed by atoms with E-state index in [0.29, 0.717) is 0 Å². The van der Waals surface area contributed by atoms with Gasteiger partial charge in [-0.25, -0.2) is 4.98 Å². The number of para-hydroxylation sites is 3. The predicted octanol–water partition coefficient (Wildman–Crippen LogP) is 3.92. The summed E-state index contributed by atoms with van der Waals surface area (Å²) in [5.41, 5.74) is 4.60. The van der Waals surface area contributed by atoms with Crippen molar-refractivity contribution in [2.45, 2.75) is 5.33 Å². The van der Waals surface area contributed by atoms with Crippen LogP contribution in [0.25, 0.3) is 16.7 Å². The molecular formula is C14H11BrN2. The molecule has 0 atom stereocenters. The van der Waals surface area contributed by atoms with Gasteiger partial charge in [-0.2, -0.15) is 0 Å². The van der Waals surface area contributed by atoms with E-state index in [2.05, 4.69) is 55.8 Å². The summed E-state index contributed by atoms with van der Waals surface area (Å²) in [6.45, 7) is 0. The summed E-state index contributed by atoms with van der Waals surface area (Å²) in [7, 11) is 0. The van der Waals surface area contributed by atoms with Crippen molar-refractivity contribution in [1.29, 1.82) is 0 Å². The fourth-order valence-electron chi connectivity index (χ4n) is 2.01. The first-order valence-electron chi connectivity index (χ1n) is 5.46. The second-order valence-electron chi connectivity index (χ2n) is 3.87. The zero-order valence-corrected chi connectivity index (χ0v) is 10.8. The van der Waals surface area contributed by atoms with Gasteiger partial charge in [0.25, 0.3) is 0 Å². The van der Waals surface area contributed by atoms with Crippen LogP contribution in [0.15, 0.2) is 54.9 Å². The Morgan fingerprint density at radius 2 is 1.76 bits per heavy atom. The van der Waals surface area contributed by atoms with E-state index in [1.165, 1.54) is 11.3 Å². The lowest BCUT2D eigenvalue weighted by Crippen LogP contribution is -1.96. The van der Waals surface area contributed by atoms with Crippen LogP contribution in [0, 0.1) is 0 Å². The van der Waals surface area contributed by atoms with Crippen molar-refractivity contribution < 1.29 is 0 Å². The zero-order chi connectivity index (χ0) is 11.7. The van der Waals surface area contributed by atoms with Crippen LogP contribution >= 0.6 is 15.9 Å². The number of nitrogens with zero attached hydrogens (tertiary/aromatic N) is 2. The molecule has 17 heavy (non-hydrogen) atoms. The van der Waals surface area contributed by atoms with Gasteiger partial charge in [-0.05, 0) is 23.8 Å². The maximum absolute atomic E-state index is 4.42. The standard InChI is InChI=1S/C14H11BrN2/c15-9-11-5-1-3-7-13(11)17-10-16-12-6-2-4-8-14(12)17/h1-8,10H,9H2. The first kappa shape index (κ1) is 10.5. The lowest BCUT2D eigenvalue weighted by molar-refractivity contribution is 1.07. The van der Waals surface area contributed by atoms with Crippen LogP contribution in [0.4, 0.5) is 0 Å². The highest BCUT2D eigenvalue weighted by Crippen LogP contribution is 2.22. The molecule has 3 rings (SSSR count). The van der Waals surface area contributed by atoms with E-state index >= 15 is 0 Å². The Labute approximate surface area is 108 Å². The number of aromatic nitrogens is 2. The van der Waals surface area contributed by atoms with Gasteiger partial charge in [0, 0.05) is 5.33 Å². The molecule has 0 saturated heterocycles. The van der Waals surface area contributed by atoms with Crippen molar-refractivity contribution in [3.8, 4) is 5.69 Å². The van der Waals surface area contributed by atoms with Gasteiger partial charge in [0.1, 0.15) is 6.33 Å². The van der Waals surface area contributed by atoms with Gasteiger partial charge < -0.3 is 0 Å². The summed E-state index contributed by atoms with van der Waals surface area (Å²) in [5.74, 6) is 0. The van der Waals surface area contributed by atoms with E-state index in [0.717, 1.165) is 16.4 Å². The van der Waals surface area contributed by atoms with E-state index in [4.69, 9.17) is 0 Å². The quantitative estimate of drug-likeness (QED) is 0.653. The molecule has 0 spiro atoms. The monoisotopic (exact) mass is 286 g/mol. The molecule has 0 saturated carbocycles. The number of rotatable bonds is 2. The molecule has 1 aromatic heterocycles. The minimum absolute atomic E-state index is 0.843. The summed E-state index contributed by atoms with van der Waals surface area (Å²) >= 11 is 3.52. The largest absolute Gasteiger partial charge is 0.299 e. The Morgan fingerprint density at radius 1 is 1.00 bits per heavy atom. The smallest absolute Gasteiger partial charge is 0.100 e. The van der Waals surface area contributed by atoms with Crippen LogP contribution in [0.3, 0.4) is 0 Å². The van der Waals surface area contributed by atoms with Crippen LogP contribution in [0.2, 0.25) is 0 Å². The van der Waals surface area contributed by atoms with Crippen molar-refractivity contribution in [1.82, 2.24) is 9.55 Å². The summed E-state index contributed by atoms with van der Waals surface area (Å²) < 4.78 is 2.13. The van der Waals surface area contributed by atoms with Gasteiger partial charge in [0.2, 0.25) is 0 Å². The minimum atomic E-state index is 0.843. The molecule has 0 unspecified atom stereocenters. The van der Waals surface area contributed by atoms with Crippen molar-refractivity contribution in [2.24, 2.45) is 0 Å². The summed E-state index contributed by atoms with van der Waals surface area (Å²) in [6, 6.07) is 16.5. The zero-order valence-electron chi connectivity index (χ0n) is 9.18. The van der Waals surface area contributed by atoms with Gasteiger partial charge in [-0.1, -0.05) is 46.3 Å². The third-order valence-corrected chi connectivity index (χ3v) is 3.45. The molecule has 0 fully saturated rings. The van der Waals surface area contributed by atoms with Crippen LogP contribution < -0.4 is 0 Å². The van der Waals surface area contributed by atoms with Crippen molar-refractivity contribution in [3.05, 3.63) is 60.4 Å². The van der Waals surface area contributed by atoms with E-state index in [9.17, 15) is 0 Å². The number of imidazole rings is 1. The predicted molar refractivity (Wildman–Crippen MR) is 73.7 cm³/mol. The molecule has 2 nitrogen and oxygen atoms in total. The molecule has 3 heteroatoms. The van der Waals surface area contributed by atoms with Crippen LogP contribution in [0.5, 0.6) is 0 Å². The summed E-state index contributed by atoms with van der Waals surface area (Å²) in [6.07, 6.45) is 1.88. The average molecular weight is 287 g/mol.